The molecule has 0 aliphatic carbocycles. The molecular weight excluding hydrogens is 402 g/mol. The van der Waals surface area contributed by atoms with Crippen LogP contribution >= 0.6 is 0 Å². The lowest BCUT2D eigenvalue weighted by atomic mass is 9.97. The number of hydrogen-bond donors (Lipinski definition) is 0. The first-order valence-corrected chi connectivity index (χ1v) is 11.4. The van der Waals surface area contributed by atoms with Crippen molar-refractivity contribution in [2.75, 3.05) is 0 Å². The van der Waals surface area contributed by atoms with Crippen LogP contribution in [-0.2, 0) is 0 Å². The lowest BCUT2D eigenvalue weighted by Gasteiger charge is -2.06. The third-order valence-corrected chi connectivity index (χ3v) is 6.32. The first kappa shape index (κ1) is 19.4. The van der Waals surface area contributed by atoms with E-state index in [0.29, 0.717) is 0 Å². The maximum Gasteiger partial charge on any atom is 0.0725 e. The smallest absolute Gasteiger partial charge is 0.0725 e. The molecule has 33 heavy (non-hydrogen) atoms. The summed E-state index contributed by atoms with van der Waals surface area (Å²) in [5.41, 5.74) is 8.41. The minimum Gasteiger partial charge on any atom is -0.305 e. The van der Waals surface area contributed by atoms with Gasteiger partial charge in [-0.2, -0.15) is 0 Å². The molecule has 0 N–H and O–H groups in total. The molecule has 7 aromatic rings. The molecule has 0 bridgehead atoms. The zero-order chi connectivity index (χ0) is 22.4. The van der Waals surface area contributed by atoms with Crippen molar-refractivity contribution < 1.29 is 0 Å². The quantitative estimate of drug-likeness (QED) is 0.281. The summed E-state index contributed by atoms with van der Waals surface area (Å²) in [6.45, 7) is 4.00. The van der Waals surface area contributed by atoms with Gasteiger partial charge in [0.25, 0.3) is 0 Å². The van der Waals surface area contributed by atoms with Crippen LogP contribution in [0.2, 0.25) is 0 Å². The fraction of sp³-hybridized carbons (Fsp3) is 0.0667. The van der Waals surface area contributed by atoms with Gasteiger partial charge in [-0.15, -0.1) is 0 Å². The van der Waals surface area contributed by atoms with Crippen LogP contribution < -0.4 is 0 Å². The normalized spacial score (nSPS) is 11.3. The van der Waals surface area contributed by atoms with Crippen LogP contribution in [0.4, 0.5) is 0 Å². The number of aromatic nitrogens is 3. The summed E-state index contributed by atoms with van der Waals surface area (Å²) in [6.07, 6.45) is 7.66. The molecule has 0 unspecified atom stereocenters. The Hall–Kier alpha value is -4.24. The Morgan fingerprint density at radius 3 is 1.55 bits per heavy atom. The highest BCUT2D eigenvalue weighted by Crippen LogP contribution is 2.41. The third kappa shape index (κ3) is 2.90. The van der Waals surface area contributed by atoms with E-state index in [2.05, 4.69) is 93.2 Å². The van der Waals surface area contributed by atoms with E-state index in [9.17, 15) is 0 Å². The van der Waals surface area contributed by atoms with Crippen molar-refractivity contribution in [3.8, 4) is 22.3 Å². The van der Waals surface area contributed by atoms with Crippen molar-refractivity contribution in [2.24, 2.45) is 0 Å². The predicted molar refractivity (Wildman–Crippen MR) is 139 cm³/mol. The van der Waals surface area contributed by atoms with E-state index in [-0.39, 0.29) is 0 Å². The fourth-order valence-corrected chi connectivity index (χ4v) is 4.89. The molecule has 0 saturated heterocycles. The zero-order valence-corrected chi connectivity index (χ0v) is 18.7. The number of hydrogen-bond acceptors (Lipinski definition) is 2. The van der Waals surface area contributed by atoms with E-state index < -0.39 is 0 Å². The number of rotatable bonds is 2. The van der Waals surface area contributed by atoms with Crippen molar-refractivity contribution in [3.05, 3.63) is 104 Å². The molecule has 0 saturated carbocycles. The Morgan fingerprint density at radius 1 is 0.515 bits per heavy atom. The summed E-state index contributed by atoms with van der Waals surface area (Å²) in [7, 11) is 0. The van der Waals surface area contributed by atoms with E-state index in [1.807, 2.05) is 38.6 Å². The molecule has 158 valence electrons. The van der Waals surface area contributed by atoms with Gasteiger partial charge in [0.1, 0.15) is 0 Å². The van der Waals surface area contributed by atoms with Gasteiger partial charge in [-0.05, 0) is 46.5 Å². The minimum atomic E-state index is 1.13. The standard InChI is InChI=1S/C28H17N3.C2H6/c1-2-4-18(5-3-1)19-6-8-20(9-7-19)21-14-24-22-10-12-29-16-26(22)31-27-17-30-13-11-23(27)25(15-21)28(24)31;1-2/h1-17H;1-2H3. The molecule has 0 spiro atoms. The molecule has 3 nitrogen and oxygen atoms in total. The van der Waals surface area contributed by atoms with Crippen molar-refractivity contribution >= 4 is 38.1 Å². The summed E-state index contributed by atoms with van der Waals surface area (Å²) in [5, 5.41) is 4.97. The van der Waals surface area contributed by atoms with Crippen LogP contribution in [0.25, 0.3) is 60.3 Å². The molecule has 0 radical (unpaired) electrons. The molecule has 0 atom stereocenters. The lowest BCUT2D eigenvalue weighted by Crippen LogP contribution is -1.81. The highest BCUT2D eigenvalue weighted by Gasteiger charge is 2.18. The molecular formula is C30H23N3. The van der Waals surface area contributed by atoms with Crippen LogP contribution in [0.1, 0.15) is 13.8 Å². The van der Waals surface area contributed by atoms with Gasteiger partial charge >= 0.3 is 0 Å². The highest BCUT2D eigenvalue weighted by molar-refractivity contribution is 6.24. The Morgan fingerprint density at radius 2 is 1.00 bits per heavy atom. The Kier molecular flexibility index (Phi) is 4.55. The van der Waals surface area contributed by atoms with Crippen molar-refractivity contribution in [2.45, 2.75) is 13.8 Å². The van der Waals surface area contributed by atoms with E-state index in [1.165, 1.54) is 49.3 Å². The average molecular weight is 426 g/mol. The molecule has 7 rings (SSSR count). The van der Waals surface area contributed by atoms with Crippen LogP contribution in [0.5, 0.6) is 0 Å². The molecule has 4 heterocycles. The summed E-state index contributed by atoms with van der Waals surface area (Å²) in [6, 6.07) is 28.2. The number of fused-ring (bicyclic) bond motifs is 6. The van der Waals surface area contributed by atoms with Gasteiger partial charge in [0, 0.05) is 33.9 Å². The lowest BCUT2D eigenvalue weighted by molar-refractivity contribution is 1.27. The highest BCUT2D eigenvalue weighted by atomic mass is 14.9. The second kappa shape index (κ2) is 7.72. The minimum absolute atomic E-state index is 1.13. The fourth-order valence-electron chi connectivity index (χ4n) is 4.89. The monoisotopic (exact) mass is 425 g/mol. The topological polar surface area (TPSA) is 30.2 Å². The summed E-state index contributed by atoms with van der Waals surface area (Å²) in [4.78, 5) is 8.78. The number of nitrogens with zero attached hydrogens (tertiary/aromatic N) is 3. The number of benzene rings is 3. The van der Waals surface area contributed by atoms with Crippen molar-refractivity contribution in [1.29, 1.82) is 0 Å². The van der Waals surface area contributed by atoms with Crippen LogP contribution in [0, 0.1) is 0 Å². The first-order chi connectivity index (χ1) is 16.4. The predicted octanol–water partition coefficient (Wildman–Crippen LogP) is 7.99. The molecule has 3 heteroatoms. The molecule has 0 aliphatic rings. The Bertz CT molecular complexity index is 1630. The van der Waals surface area contributed by atoms with Crippen LogP contribution in [0.15, 0.2) is 104 Å². The van der Waals surface area contributed by atoms with Gasteiger partial charge in [-0.3, -0.25) is 9.97 Å². The van der Waals surface area contributed by atoms with Gasteiger partial charge in [-0.1, -0.05) is 68.4 Å². The molecule has 3 aromatic carbocycles. The van der Waals surface area contributed by atoms with Gasteiger partial charge in [0.15, 0.2) is 0 Å². The second-order valence-corrected chi connectivity index (χ2v) is 7.98. The van der Waals surface area contributed by atoms with E-state index >= 15 is 0 Å². The molecule has 4 aromatic heterocycles. The molecule has 0 amide bonds. The average Bonchev–Trinajstić information content (AvgIpc) is 3.42. The van der Waals surface area contributed by atoms with Crippen LogP contribution in [0.3, 0.4) is 0 Å². The zero-order valence-electron chi connectivity index (χ0n) is 18.7. The van der Waals surface area contributed by atoms with E-state index in [1.54, 1.807) is 0 Å². The third-order valence-electron chi connectivity index (χ3n) is 6.32. The Labute approximate surface area is 192 Å². The first-order valence-electron chi connectivity index (χ1n) is 11.4. The van der Waals surface area contributed by atoms with Crippen molar-refractivity contribution in [3.63, 3.8) is 0 Å². The van der Waals surface area contributed by atoms with E-state index in [0.717, 1.165) is 11.0 Å². The summed E-state index contributed by atoms with van der Waals surface area (Å²) in [5.74, 6) is 0. The van der Waals surface area contributed by atoms with Crippen molar-refractivity contribution in [1.82, 2.24) is 14.4 Å². The molecule has 0 aliphatic heterocycles. The van der Waals surface area contributed by atoms with E-state index in [4.69, 9.17) is 0 Å². The second-order valence-electron chi connectivity index (χ2n) is 7.98. The Balaban J connectivity index is 0.00000101. The van der Waals surface area contributed by atoms with Gasteiger partial charge in [-0.25, -0.2) is 0 Å². The summed E-state index contributed by atoms with van der Waals surface area (Å²) >= 11 is 0. The van der Waals surface area contributed by atoms with Gasteiger partial charge in [0.05, 0.1) is 28.9 Å². The maximum absolute atomic E-state index is 4.39. The van der Waals surface area contributed by atoms with Crippen LogP contribution in [-0.4, -0.2) is 14.4 Å². The maximum atomic E-state index is 4.39. The summed E-state index contributed by atoms with van der Waals surface area (Å²) < 4.78 is 2.30. The van der Waals surface area contributed by atoms with Gasteiger partial charge < -0.3 is 4.40 Å². The SMILES string of the molecule is CC.c1ccc(-c2ccc(-c3cc4c5ccncc5n5c6cnccc6c(c3)c45)cc2)cc1. The molecule has 0 fully saturated rings. The largest absolute Gasteiger partial charge is 0.305 e. The number of pyridine rings is 2. The van der Waals surface area contributed by atoms with Gasteiger partial charge in [0.2, 0.25) is 0 Å².